The van der Waals surface area contributed by atoms with Gasteiger partial charge in [0, 0.05) is 6.42 Å². The summed E-state index contributed by atoms with van der Waals surface area (Å²) in [5.41, 5.74) is 0.676. The molecule has 7 nitrogen and oxygen atoms in total. The first kappa shape index (κ1) is 14.7. The van der Waals surface area contributed by atoms with Gasteiger partial charge in [0.05, 0.1) is 0 Å². The first-order chi connectivity index (χ1) is 10.1. The van der Waals surface area contributed by atoms with Gasteiger partial charge in [-0.25, -0.2) is 4.79 Å². The van der Waals surface area contributed by atoms with Gasteiger partial charge in [-0.3, -0.25) is 4.79 Å². The van der Waals surface area contributed by atoms with Crippen molar-refractivity contribution in [2.45, 2.75) is 12.5 Å². The number of hydrogen-bond donors (Lipinski definition) is 3. The molecule has 0 saturated carbocycles. The molecule has 112 valence electrons. The molecule has 0 unspecified atom stereocenters. The second-order valence-corrected chi connectivity index (χ2v) is 4.44. The molecule has 1 amide bonds. The third kappa shape index (κ3) is 4.13. The standard InChI is InChI=1S/C14H15NO6/c16-10-3-1-9(2-4-10)7-11(14(18)19)15-13(17)12-8-20-5-6-21-12/h1-4,8,11,16H,5-7H2,(H,15,17)(H,18,19)/t11-/m0/s1. The molecule has 0 bridgehead atoms. The lowest BCUT2D eigenvalue weighted by atomic mass is 10.1. The Bertz CT molecular complexity index is 551. The van der Waals surface area contributed by atoms with E-state index in [2.05, 4.69) is 5.32 Å². The Labute approximate surface area is 120 Å². The molecule has 3 N–H and O–H groups in total. The number of phenolic OH excluding ortho intramolecular Hbond substituents is 1. The van der Waals surface area contributed by atoms with Crippen molar-refractivity contribution in [3.8, 4) is 5.75 Å². The van der Waals surface area contributed by atoms with Crippen molar-refractivity contribution in [2.24, 2.45) is 0 Å². The summed E-state index contributed by atoms with van der Waals surface area (Å²) in [7, 11) is 0. The molecule has 1 heterocycles. The minimum atomic E-state index is -1.16. The van der Waals surface area contributed by atoms with Crippen LogP contribution in [0.4, 0.5) is 0 Å². The first-order valence-corrected chi connectivity index (χ1v) is 6.32. The quantitative estimate of drug-likeness (QED) is 0.725. The highest BCUT2D eigenvalue weighted by Crippen LogP contribution is 2.12. The van der Waals surface area contributed by atoms with Crippen molar-refractivity contribution in [3.63, 3.8) is 0 Å². The highest BCUT2D eigenvalue weighted by Gasteiger charge is 2.24. The van der Waals surface area contributed by atoms with E-state index in [9.17, 15) is 19.8 Å². The molecule has 1 aromatic carbocycles. The molecular weight excluding hydrogens is 278 g/mol. The van der Waals surface area contributed by atoms with Gasteiger partial charge in [-0.2, -0.15) is 0 Å². The molecule has 0 saturated heterocycles. The number of nitrogens with one attached hydrogen (secondary N) is 1. The fourth-order valence-electron chi connectivity index (χ4n) is 1.78. The van der Waals surface area contributed by atoms with Crippen molar-refractivity contribution in [1.29, 1.82) is 0 Å². The number of aromatic hydroxyl groups is 1. The van der Waals surface area contributed by atoms with Gasteiger partial charge >= 0.3 is 5.97 Å². The van der Waals surface area contributed by atoms with Crippen LogP contribution in [0.1, 0.15) is 5.56 Å². The fourth-order valence-corrected chi connectivity index (χ4v) is 1.78. The van der Waals surface area contributed by atoms with Crippen LogP contribution in [-0.4, -0.2) is 41.3 Å². The van der Waals surface area contributed by atoms with E-state index in [0.29, 0.717) is 12.2 Å². The van der Waals surface area contributed by atoms with Crippen molar-refractivity contribution in [1.82, 2.24) is 5.32 Å². The molecule has 1 aliphatic heterocycles. The van der Waals surface area contributed by atoms with E-state index < -0.39 is 17.9 Å². The number of rotatable bonds is 5. The molecule has 0 radical (unpaired) electrons. The van der Waals surface area contributed by atoms with Gasteiger partial charge in [0.1, 0.15) is 31.3 Å². The summed E-state index contributed by atoms with van der Waals surface area (Å²) in [5.74, 6) is -1.75. The van der Waals surface area contributed by atoms with E-state index in [0.717, 1.165) is 6.26 Å². The smallest absolute Gasteiger partial charge is 0.326 e. The molecule has 0 aromatic heterocycles. The average molecular weight is 293 g/mol. The summed E-state index contributed by atoms with van der Waals surface area (Å²) in [4.78, 5) is 23.1. The van der Waals surface area contributed by atoms with Crippen LogP contribution >= 0.6 is 0 Å². The van der Waals surface area contributed by atoms with Crippen LogP contribution in [0.5, 0.6) is 5.75 Å². The third-order valence-electron chi connectivity index (χ3n) is 2.85. The van der Waals surface area contributed by atoms with E-state index in [1.807, 2.05) is 0 Å². The van der Waals surface area contributed by atoms with E-state index >= 15 is 0 Å². The van der Waals surface area contributed by atoms with E-state index in [1.165, 1.54) is 12.1 Å². The van der Waals surface area contributed by atoms with Crippen molar-refractivity contribution in [2.75, 3.05) is 13.2 Å². The Hall–Kier alpha value is -2.70. The van der Waals surface area contributed by atoms with Gasteiger partial charge < -0.3 is 25.0 Å². The second kappa shape index (κ2) is 6.65. The predicted molar refractivity (Wildman–Crippen MR) is 71.4 cm³/mol. The zero-order chi connectivity index (χ0) is 15.2. The molecule has 1 atom stereocenters. The lowest BCUT2D eigenvalue weighted by Crippen LogP contribution is -2.43. The monoisotopic (exact) mass is 293 g/mol. The van der Waals surface area contributed by atoms with Crippen LogP contribution in [0.2, 0.25) is 0 Å². The maximum Gasteiger partial charge on any atom is 0.326 e. The zero-order valence-corrected chi connectivity index (χ0v) is 11.1. The minimum Gasteiger partial charge on any atom is -0.508 e. The number of carboxylic acids is 1. The molecule has 21 heavy (non-hydrogen) atoms. The van der Waals surface area contributed by atoms with Crippen LogP contribution in [0, 0.1) is 0 Å². The van der Waals surface area contributed by atoms with Crippen molar-refractivity contribution in [3.05, 3.63) is 41.9 Å². The normalized spacial score (nSPS) is 15.1. The fraction of sp³-hybridized carbons (Fsp3) is 0.286. The number of phenols is 1. The van der Waals surface area contributed by atoms with Crippen LogP contribution in [0.15, 0.2) is 36.3 Å². The number of carboxylic acid groups (broad SMARTS) is 1. The summed E-state index contributed by atoms with van der Waals surface area (Å²) in [6.07, 6.45) is 1.26. The molecule has 1 aromatic rings. The summed E-state index contributed by atoms with van der Waals surface area (Å²) in [6, 6.07) is 5.00. The summed E-state index contributed by atoms with van der Waals surface area (Å²) >= 11 is 0. The SMILES string of the molecule is O=C(N[C@@H](Cc1ccc(O)cc1)C(=O)O)C1=COCCO1. The van der Waals surface area contributed by atoms with Gasteiger partial charge in [-0.15, -0.1) is 0 Å². The maximum absolute atomic E-state index is 11.9. The van der Waals surface area contributed by atoms with E-state index in [-0.39, 0.29) is 24.5 Å². The Balaban J connectivity index is 2.02. The van der Waals surface area contributed by atoms with E-state index in [4.69, 9.17) is 9.47 Å². The lowest BCUT2D eigenvalue weighted by Gasteiger charge is -2.18. The largest absolute Gasteiger partial charge is 0.508 e. The molecule has 7 heteroatoms. The number of hydrogen-bond acceptors (Lipinski definition) is 5. The van der Waals surface area contributed by atoms with Crippen LogP contribution in [0.3, 0.4) is 0 Å². The van der Waals surface area contributed by atoms with Crippen molar-refractivity contribution < 1.29 is 29.3 Å². The molecular formula is C14H15NO6. The predicted octanol–water partition coefficient (Wildman–Crippen LogP) is 0.392. The topological polar surface area (TPSA) is 105 Å². The number of carbonyl (C=O) groups excluding carboxylic acids is 1. The number of amides is 1. The highest BCUT2D eigenvalue weighted by atomic mass is 16.6. The van der Waals surface area contributed by atoms with Crippen LogP contribution in [0.25, 0.3) is 0 Å². The van der Waals surface area contributed by atoms with Crippen molar-refractivity contribution >= 4 is 11.9 Å². The summed E-state index contributed by atoms with van der Waals surface area (Å²) < 4.78 is 10.0. The molecule has 0 fully saturated rings. The summed E-state index contributed by atoms with van der Waals surface area (Å²) in [6.45, 7) is 0.599. The average Bonchev–Trinajstić information content (AvgIpc) is 2.49. The van der Waals surface area contributed by atoms with Gasteiger partial charge in [-0.05, 0) is 17.7 Å². The Kier molecular flexibility index (Phi) is 4.65. The number of carbonyl (C=O) groups is 2. The number of benzene rings is 1. The second-order valence-electron chi connectivity index (χ2n) is 4.44. The maximum atomic E-state index is 11.9. The number of ether oxygens (including phenoxy) is 2. The van der Waals surface area contributed by atoms with Gasteiger partial charge in [0.2, 0.25) is 5.76 Å². The first-order valence-electron chi connectivity index (χ1n) is 6.32. The lowest BCUT2D eigenvalue weighted by molar-refractivity contribution is -0.141. The van der Waals surface area contributed by atoms with Gasteiger partial charge in [0.25, 0.3) is 5.91 Å². The van der Waals surface area contributed by atoms with E-state index in [1.54, 1.807) is 12.1 Å². The third-order valence-corrected chi connectivity index (χ3v) is 2.85. The van der Waals surface area contributed by atoms with Crippen LogP contribution in [-0.2, 0) is 25.5 Å². The van der Waals surface area contributed by atoms with Crippen LogP contribution < -0.4 is 5.32 Å². The number of aliphatic carboxylic acids is 1. The van der Waals surface area contributed by atoms with Gasteiger partial charge in [-0.1, -0.05) is 12.1 Å². The Morgan fingerprint density at radius 2 is 1.95 bits per heavy atom. The Morgan fingerprint density at radius 1 is 1.24 bits per heavy atom. The molecule has 1 aliphatic rings. The highest BCUT2D eigenvalue weighted by molar-refractivity contribution is 5.94. The Morgan fingerprint density at radius 3 is 2.52 bits per heavy atom. The summed E-state index contributed by atoms with van der Waals surface area (Å²) in [5, 5.41) is 20.7. The molecule has 0 spiro atoms. The van der Waals surface area contributed by atoms with Gasteiger partial charge in [0.15, 0.2) is 0 Å². The molecule has 2 rings (SSSR count). The molecule has 0 aliphatic carbocycles. The zero-order valence-electron chi connectivity index (χ0n) is 11.1. The minimum absolute atomic E-state index is 0.0433.